The predicted octanol–water partition coefficient (Wildman–Crippen LogP) is 2.50. The van der Waals surface area contributed by atoms with Crippen molar-refractivity contribution in [3.63, 3.8) is 0 Å². The normalized spacial score (nSPS) is 17.4. The van der Waals surface area contributed by atoms with E-state index >= 15 is 0 Å². The molecule has 0 heterocycles. The second-order valence-corrected chi connectivity index (χ2v) is 5.75. The van der Waals surface area contributed by atoms with E-state index in [0.29, 0.717) is 5.41 Å². The van der Waals surface area contributed by atoms with E-state index in [1.54, 1.807) is 0 Å². The molecule has 0 spiro atoms. The Balaban J connectivity index is 2.35. The van der Waals surface area contributed by atoms with Crippen LogP contribution in [0.15, 0.2) is 0 Å². The molecule has 0 saturated heterocycles. The Kier molecular flexibility index (Phi) is 5.07. The van der Waals surface area contributed by atoms with Gasteiger partial charge in [0.2, 0.25) is 0 Å². The quantitative estimate of drug-likeness (QED) is 0.665. The molecular weight excluding hydrogens is 184 g/mol. The van der Waals surface area contributed by atoms with Crippen LogP contribution in [-0.4, -0.2) is 37.6 Å². The van der Waals surface area contributed by atoms with Gasteiger partial charge >= 0.3 is 0 Å². The third-order valence-electron chi connectivity index (χ3n) is 3.15. The highest BCUT2D eigenvalue weighted by molar-refractivity contribution is 4.88. The standard InChI is InChI=1S/C13H28N2/c1-5-6-9-15(12-7-8-12)11-13(2,3)10-14-4/h12,14H,5-11H2,1-4H3. The van der Waals surface area contributed by atoms with Crippen molar-refractivity contribution in [2.24, 2.45) is 5.41 Å². The van der Waals surface area contributed by atoms with Gasteiger partial charge < -0.3 is 5.32 Å². The number of hydrogen-bond acceptors (Lipinski definition) is 2. The first kappa shape index (κ1) is 13.0. The molecule has 2 nitrogen and oxygen atoms in total. The molecule has 0 radical (unpaired) electrons. The molecule has 0 unspecified atom stereocenters. The fourth-order valence-electron chi connectivity index (χ4n) is 2.28. The number of nitrogens with zero attached hydrogens (tertiary/aromatic N) is 1. The minimum atomic E-state index is 0.408. The minimum Gasteiger partial charge on any atom is -0.319 e. The van der Waals surface area contributed by atoms with E-state index in [0.717, 1.165) is 12.6 Å². The summed E-state index contributed by atoms with van der Waals surface area (Å²) in [5, 5.41) is 3.30. The van der Waals surface area contributed by atoms with Crippen LogP contribution in [0, 0.1) is 5.41 Å². The summed E-state index contributed by atoms with van der Waals surface area (Å²) in [5.41, 5.74) is 0.408. The summed E-state index contributed by atoms with van der Waals surface area (Å²) in [4.78, 5) is 2.71. The van der Waals surface area contributed by atoms with E-state index in [1.807, 2.05) is 0 Å². The first-order chi connectivity index (χ1) is 7.09. The van der Waals surface area contributed by atoms with Gasteiger partial charge in [-0.25, -0.2) is 0 Å². The van der Waals surface area contributed by atoms with Crippen molar-refractivity contribution in [1.29, 1.82) is 0 Å². The Labute approximate surface area is 95.4 Å². The Morgan fingerprint density at radius 1 is 1.33 bits per heavy atom. The van der Waals surface area contributed by atoms with E-state index in [1.165, 1.54) is 38.8 Å². The molecule has 1 fully saturated rings. The van der Waals surface area contributed by atoms with Crippen LogP contribution < -0.4 is 5.32 Å². The lowest BCUT2D eigenvalue weighted by Crippen LogP contribution is -2.41. The Morgan fingerprint density at radius 3 is 2.47 bits per heavy atom. The molecule has 0 aromatic rings. The summed E-state index contributed by atoms with van der Waals surface area (Å²) in [7, 11) is 2.05. The van der Waals surface area contributed by atoms with Crippen LogP contribution in [0.1, 0.15) is 46.5 Å². The maximum Gasteiger partial charge on any atom is 0.00966 e. The van der Waals surface area contributed by atoms with Crippen molar-refractivity contribution in [1.82, 2.24) is 10.2 Å². The lowest BCUT2D eigenvalue weighted by molar-refractivity contribution is 0.166. The van der Waals surface area contributed by atoms with E-state index in [-0.39, 0.29) is 0 Å². The van der Waals surface area contributed by atoms with Crippen LogP contribution in [0.3, 0.4) is 0 Å². The van der Waals surface area contributed by atoms with E-state index in [4.69, 9.17) is 0 Å². The molecule has 2 heteroatoms. The predicted molar refractivity (Wildman–Crippen MR) is 67.2 cm³/mol. The lowest BCUT2D eigenvalue weighted by atomic mass is 9.92. The average molecular weight is 212 g/mol. The van der Waals surface area contributed by atoms with E-state index < -0.39 is 0 Å². The Morgan fingerprint density at radius 2 is 2.00 bits per heavy atom. The van der Waals surface area contributed by atoms with Crippen molar-refractivity contribution >= 4 is 0 Å². The molecule has 1 saturated carbocycles. The van der Waals surface area contributed by atoms with Crippen molar-refractivity contribution in [3.05, 3.63) is 0 Å². The number of nitrogens with one attached hydrogen (secondary N) is 1. The Hall–Kier alpha value is -0.0800. The molecule has 0 amide bonds. The number of unbranched alkanes of at least 4 members (excludes halogenated alkanes) is 1. The molecule has 90 valence electrons. The van der Waals surface area contributed by atoms with Gasteiger partial charge in [0.25, 0.3) is 0 Å². The van der Waals surface area contributed by atoms with E-state index in [9.17, 15) is 0 Å². The molecule has 0 aliphatic heterocycles. The van der Waals surface area contributed by atoms with E-state index in [2.05, 4.69) is 38.0 Å². The second kappa shape index (κ2) is 5.86. The van der Waals surface area contributed by atoms with Gasteiger partial charge in [0.05, 0.1) is 0 Å². The molecule has 0 aromatic heterocycles. The molecule has 1 N–H and O–H groups in total. The fourth-order valence-corrected chi connectivity index (χ4v) is 2.28. The summed E-state index contributed by atoms with van der Waals surface area (Å²) in [5.74, 6) is 0. The van der Waals surface area contributed by atoms with Gasteiger partial charge in [-0.3, -0.25) is 4.90 Å². The minimum absolute atomic E-state index is 0.408. The molecule has 0 aromatic carbocycles. The average Bonchev–Trinajstić information content (AvgIpc) is 2.95. The van der Waals surface area contributed by atoms with Crippen LogP contribution in [0.25, 0.3) is 0 Å². The smallest absolute Gasteiger partial charge is 0.00966 e. The highest BCUT2D eigenvalue weighted by Gasteiger charge is 2.32. The third-order valence-corrected chi connectivity index (χ3v) is 3.15. The molecule has 0 atom stereocenters. The van der Waals surface area contributed by atoms with Crippen LogP contribution in [0.5, 0.6) is 0 Å². The monoisotopic (exact) mass is 212 g/mol. The van der Waals surface area contributed by atoms with Gasteiger partial charge in [0, 0.05) is 19.1 Å². The molecule has 0 bridgehead atoms. The van der Waals surface area contributed by atoms with Gasteiger partial charge in [-0.1, -0.05) is 27.2 Å². The number of rotatable bonds is 8. The number of hydrogen-bond donors (Lipinski definition) is 1. The van der Waals surface area contributed by atoms with Gasteiger partial charge in [0.15, 0.2) is 0 Å². The zero-order valence-corrected chi connectivity index (χ0v) is 11.0. The van der Waals surface area contributed by atoms with Crippen molar-refractivity contribution < 1.29 is 0 Å². The second-order valence-electron chi connectivity index (χ2n) is 5.75. The van der Waals surface area contributed by atoms with Crippen molar-refractivity contribution in [3.8, 4) is 0 Å². The first-order valence-corrected chi connectivity index (χ1v) is 6.47. The lowest BCUT2D eigenvalue weighted by Gasteiger charge is -2.32. The van der Waals surface area contributed by atoms with Crippen molar-refractivity contribution in [2.45, 2.75) is 52.5 Å². The molecule has 1 aliphatic rings. The van der Waals surface area contributed by atoms with Crippen LogP contribution in [-0.2, 0) is 0 Å². The highest BCUT2D eigenvalue weighted by atomic mass is 15.2. The summed E-state index contributed by atoms with van der Waals surface area (Å²) in [6.45, 7) is 10.7. The summed E-state index contributed by atoms with van der Waals surface area (Å²) in [6.07, 6.45) is 5.53. The SMILES string of the molecule is CCCCN(CC(C)(C)CNC)C1CC1. The molecular formula is C13H28N2. The topological polar surface area (TPSA) is 15.3 Å². The fraction of sp³-hybridized carbons (Fsp3) is 1.00. The van der Waals surface area contributed by atoms with Crippen LogP contribution in [0.2, 0.25) is 0 Å². The van der Waals surface area contributed by atoms with Crippen LogP contribution in [0.4, 0.5) is 0 Å². The van der Waals surface area contributed by atoms with Gasteiger partial charge in [-0.15, -0.1) is 0 Å². The van der Waals surface area contributed by atoms with Crippen molar-refractivity contribution in [2.75, 3.05) is 26.7 Å². The molecule has 1 rings (SSSR count). The molecule has 15 heavy (non-hydrogen) atoms. The Bertz CT molecular complexity index is 173. The van der Waals surface area contributed by atoms with Gasteiger partial charge in [-0.05, 0) is 38.3 Å². The largest absolute Gasteiger partial charge is 0.319 e. The summed E-state index contributed by atoms with van der Waals surface area (Å²) < 4.78 is 0. The maximum atomic E-state index is 3.30. The zero-order valence-electron chi connectivity index (χ0n) is 11.0. The summed E-state index contributed by atoms with van der Waals surface area (Å²) >= 11 is 0. The zero-order chi connectivity index (χ0) is 11.3. The van der Waals surface area contributed by atoms with Gasteiger partial charge in [0.1, 0.15) is 0 Å². The maximum absolute atomic E-state index is 3.30. The third kappa shape index (κ3) is 4.98. The van der Waals surface area contributed by atoms with Gasteiger partial charge in [-0.2, -0.15) is 0 Å². The highest BCUT2D eigenvalue weighted by Crippen LogP contribution is 2.30. The molecule has 1 aliphatic carbocycles. The summed E-state index contributed by atoms with van der Waals surface area (Å²) in [6, 6.07) is 0.910. The first-order valence-electron chi connectivity index (χ1n) is 6.47. The van der Waals surface area contributed by atoms with Crippen LogP contribution >= 0.6 is 0 Å².